The van der Waals surface area contributed by atoms with E-state index < -0.39 is 0 Å². The highest BCUT2D eigenvalue weighted by Gasteiger charge is 2.35. The molecule has 1 aliphatic rings. The molecule has 1 atom stereocenters. The van der Waals surface area contributed by atoms with Crippen LogP contribution < -0.4 is 0 Å². The zero-order chi connectivity index (χ0) is 11.4. The first kappa shape index (κ1) is 11.3. The Morgan fingerprint density at radius 2 is 2.06 bits per heavy atom. The molecule has 86 valence electrons. The molecule has 1 aromatic carbocycles. The number of rotatable bonds is 3. The van der Waals surface area contributed by atoms with E-state index in [-0.39, 0.29) is 5.60 Å². The van der Waals surface area contributed by atoms with Gasteiger partial charge in [-0.2, -0.15) is 0 Å². The van der Waals surface area contributed by atoms with Crippen LogP contribution in [-0.2, 0) is 16.0 Å². The molecular weight excluding hydrogens is 200 g/mol. The van der Waals surface area contributed by atoms with Crippen LogP contribution in [-0.4, -0.2) is 18.0 Å². The van der Waals surface area contributed by atoms with Gasteiger partial charge in [-0.25, -0.2) is 0 Å². The van der Waals surface area contributed by atoms with Gasteiger partial charge in [0.15, 0.2) is 0 Å². The van der Waals surface area contributed by atoms with Crippen molar-refractivity contribution in [3.05, 3.63) is 35.9 Å². The fourth-order valence-corrected chi connectivity index (χ4v) is 2.31. The normalized spacial score (nSPS) is 25.7. The van der Waals surface area contributed by atoms with E-state index in [1.807, 2.05) is 18.2 Å². The maximum absolute atomic E-state index is 11.5. The molecule has 2 rings (SSSR count). The van der Waals surface area contributed by atoms with Crippen molar-refractivity contribution in [1.82, 2.24) is 0 Å². The van der Waals surface area contributed by atoms with Crippen LogP contribution in [0.3, 0.4) is 0 Å². The largest absolute Gasteiger partial charge is 0.374 e. The van der Waals surface area contributed by atoms with Gasteiger partial charge >= 0.3 is 0 Å². The van der Waals surface area contributed by atoms with Gasteiger partial charge in [-0.1, -0.05) is 37.3 Å². The number of hydrogen-bond donors (Lipinski definition) is 0. The summed E-state index contributed by atoms with van der Waals surface area (Å²) in [5.41, 5.74) is 0.996. The fraction of sp³-hybridized carbons (Fsp3) is 0.500. The Balaban J connectivity index is 2.13. The van der Waals surface area contributed by atoms with Crippen LogP contribution in [0, 0.1) is 0 Å². The maximum Gasteiger partial charge on any atom is 0.138 e. The lowest BCUT2D eigenvalue weighted by Crippen LogP contribution is -2.41. The van der Waals surface area contributed by atoms with Gasteiger partial charge in [0, 0.05) is 19.3 Å². The van der Waals surface area contributed by atoms with Crippen molar-refractivity contribution in [2.45, 2.75) is 38.2 Å². The van der Waals surface area contributed by atoms with Crippen LogP contribution in [0.2, 0.25) is 0 Å². The van der Waals surface area contributed by atoms with Gasteiger partial charge in [0.05, 0.1) is 12.2 Å². The van der Waals surface area contributed by atoms with Crippen LogP contribution in [0.4, 0.5) is 0 Å². The molecule has 0 radical (unpaired) electrons. The molecule has 0 aromatic heterocycles. The molecule has 1 heterocycles. The molecule has 0 spiro atoms. The molecule has 0 bridgehead atoms. The summed E-state index contributed by atoms with van der Waals surface area (Å²) in [5, 5.41) is 0. The van der Waals surface area contributed by atoms with Gasteiger partial charge in [-0.05, 0) is 12.0 Å². The topological polar surface area (TPSA) is 26.3 Å². The number of benzene rings is 1. The van der Waals surface area contributed by atoms with E-state index >= 15 is 0 Å². The minimum atomic E-state index is -0.253. The second-order valence-corrected chi connectivity index (χ2v) is 4.51. The Morgan fingerprint density at radius 3 is 2.69 bits per heavy atom. The third-order valence-electron chi connectivity index (χ3n) is 3.32. The van der Waals surface area contributed by atoms with E-state index in [1.54, 1.807) is 0 Å². The Labute approximate surface area is 96.6 Å². The molecule has 1 aliphatic heterocycles. The summed E-state index contributed by atoms with van der Waals surface area (Å²) in [6, 6.07) is 10.3. The van der Waals surface area contributed by atoms with Crippen molar-refractivity contribution >= 4 is 5.78 Å². The summed E-state index contributed by atoms with van der Waals surface area (Å²) in [4.78, 5) is 11.5. The molecule has 0 saturated carbocycles. The van der Waals surface area contributed by atoms with Gasteiger partial charge in [-0.3, -0.25) is 4.79 Å². The summed E-state index contributed by atoms with van der Waals surface area (Å²) in [6.07, 6.45) is 2.89. The first-order valence-electron chi connectivity index (χ1n) is 5.94. The predicted octanol–water partition coefficient (Wildman–Crippen LogP) is 2.76. The third-order valence-corrected chi connectivity index (χ3v) is 3.32. The van der Waals surface area contributed by atoms with Gasteiger partial charge in [-0.15, -0.1) is 0 Å². The first-order chi connectivity index (χ1) is 7.74. The smallest absolute Gasteiger partial charge is 0.138 e. The van der Waals surface area contributed by atoms with Crippen LogP contribution in [0.1, 0.15) is 31.7 Å². The monoisotopic (exact) mass is 218 g/mol. The molecule has 2 heteroatoms. The number of hydrogen-bond acceptors (Lipinski definition) is 2. The Morgan fingerprint density at radius 1 is 1.31 bits per heavy atom. The minimum Gasteiger partial charge on any atom is -0.374 e. The number of ketones is 1. The molecule has 0 aliphatic carbocycles. The number of ether oxygens (including phenoxy) is 1. The lowest BCUT2D eigenvalue weighted by atomic mass is 9.84. The molecule has 2 nitrogen and oxygen atoms in total. The third kappa shape index (κ3) is 2.50. The lowest BCUT2D eigenvalue weighted by molar-refractivity contribution is -0.140. The van der Waals surface area contributed by atoms with E-state index in [2.05, 4.69) is 19.1 Å². The fourth-order valence-electron chi connectivity index (χ4n) is 2.31. The van der Waals surface area contributed by atoms with Crippen LogP contribution in [0.5, 0.6) is 0 Å². The van der Waals surface area contributed by atoms with Gasteiger partial charge in [0.2, 0.25) is 0 Å². The van der Waals surface area contributed by atoms with Crippen LogP contribution in [0.25, 0.3) is 0 Å². The molecule has 16 heavy (non-hydrogen) atoms. The summed E-state index contributed by atoms with van der Waals surface area (Å²) in [5.74, 6) is 0.337. The van der Waals surface area contributed by atoms with Crippen LogP contribution in [0.15, 0.2) is 30.3 Å². The van der Waals surface area contributed by atoms with E-state index in [9.17, 15) is 4.79 Å². The van der Waals surface area contributed by atoms with Gasteiger partial charge in [0.25, 0.3) is 0 Å². The molecule has 1 saturated heterocycles. The summed E-state index contributed by atoms with van der Waals surface area (Å²) < 4.78 is 5.87. The van der Waals surface area contributed by atoms with Crippen molar-refractivity contribution in [1.29, 1.82) is 0 Å². The standard InChI is InChI=1S/C14H18O2/c1-2-14(11-13(15)8-9-16-14)10-12-6-4-3-5-7-12/h3-7H,2,8-11H2,1H3. The Hall–Kier alpha value is -1.15. The number of carbonyl (C=O) groups is 1. The molecule has 0 N–H and O–H groups in total. The maximum atomic E-state index is 11.5. The quantitative estimate of drug-likeness (QED) is 0.779. The van der Waals surface area contributed by atoms with E-state index in [1.165, 1.54) is 5.56 Å². The van der Waals surface area contributed by atoms with Gasteiger partial charge in [0.1, 0.15) is 5.78 Å². The van der Waals surface area contributed by atoms with E-state index in [0.29, 0.717) is 25.2 Å². The molecule has 0 amide bonds. The summed E-state index contributed by atoms with van der Waals surface area (Å²) in [6.45, 7) is 2.68. The molecule has 1 fully saturated rings. The highest BCUT2D eigenvalue weighted by Crippen LogP contribution is 2.30. The predicted molar refractivity (Wildman–Crippen MR) is 63.4 cm³/mol. The van der Waals surface area contributed by atoms with Gasteiger partial charge < -0.3 is 4.74 Å². The number of Topliss-reactive ketones (excluding diaryl/α,β-unsaturated/α-hetero) is 1. The summed E-state index contributed by atoms with van der Waals surface area (Å²) in [7, 11) is 0. The average Bonchev–Trinajstić information content (AvgIpc) is 2.30. The second-order valence-electron chi connectivity index (χ2n) is 4.51. The second kappa shape index (κ2) is 4.79. The first-order valence-corrected chi connectivity index (χ1v) is 5.94. The Bertz CT molecular complexity index is 358. The lowest BCUT2D eigenvalue weighted by Gasteiger charge is -2.36. The van der Waals surface area contributed by atoms with Crippen molar-refractivity contribution < 1.29 is 9.53 Å². The van der Waals surface area contributed by atoms with Crippen molar-refractivity contribution in [3.63, 3.8) is 0 Å². The van der Waals surface area contributed by atoms with Crippen molar-refractivity contribution in [3.8, 4) is 0 Å². The minimum absolute atomic E-state index is 0.253. The zero-order valence-electron chi connectivity index (χ0n) is 9.74. The summed E-state index contributed by atoms with van der Waals surface area (Å²) >= 11 is 0. The van der Waals surface area contributed by atoms with Crippen molar-refractivity contribution in [2.75, 3.05) is 6.61 Å². The zero-order valence-corrected chi connectivity index (χ0v) is 9.74. The van der Waals surface area contributed by atoms with E-state index in [4.69, 9.17) is 4.74 Å². The average molecular weight is 218 g/mol. The van der Waals surface area contributed by atoms with Crippen LogP contribution >= 0.6 is 0 Å². The van der Waals surface area contributed by atoms with Crippen molar-refractivity contribution in [2.24, 2.45) is 0 Å². The number of carbonyl (C=O) groups excluding carboxylic acids is 1. The molecule has 1 aromatic rings. The molecule has 1 unspecified atom stereocenters. The Kier molecular flexibility index (Phi) is 3.39. The highest BCUT2D eigenvalue weighted by molar-refractivity contribution is 5.80. The van der Waals surface area contributed by atoms with E-state index in [0.717, 1.165) is 12.8 Å². The SMILES string of the molecule is CCC1(Cc2ccccc2)CC(=O)CCO1. The highest BCUT2D eigenvalue weighted by atomic mass is 16.5. The molecular formula is C14H18O2.